The van der Waals surface area contributed by atoms with Crippen LogP contribution in [0.3, 0.4) is 0 Å². The first-order chi connectivity index (χ1) is 6.63. The van der Waals surface area contributed by atoms with Gasteiger partial charge in [0.05, 0.1) is 0 Å². The highest BCUT2D eigenvalue weighted by Gasteiger charge is 2.20. The largest absolute Gasteiger partial charge is 0.396 e. The molecule has 0 radical (unpaired) electrons. The van der Waals surface area contributed by atoms with E-state index in [1.54, 1.807) is 6.92 Å². The Kier molecular flexibility index (Phi) is 4.35. The second-order valence-corrected chi connectivity index (χ2v) is 3.88. The Morgan fingerprint density at radius 1 is 1.79 bits per heavy atom. The number of rotatable bonds is 4. The maximum absolute atomic E-state index is 12.6. The number of hydrazine groups is 1. The molecule has 1 heterocycles. The van der Waals surface area contributed by atoms with Crippen LogP contribution in [0.2, 0.25) is 0 Å². The summed E-state index contributed by atoms with van der Waals surface area (Å²) in [5.74, 6) is 0.293. The molecule has 0 aromatic rings. The van der Waals surface area contributed by atoms with E-state index in [4.69, 9.17) is 5.11 Å². The third-order valence-electron chi connectivity index (χ3n) is 2.43. The Balaban J connectivity index is 2.38. The summed E-state index contributed by atoms with van der Waals surface area (Å²) >= 11 is 0. The molecule has 0 spiro atoms. The number of aliphatic hydroxyl groups is 1. The van der Waals surface area contributed by atoms with Crippen molar-refractivity contribution in [3.63, 3.8) is 0 Å². The van der Waals surface area contributed by atoms with E-state index in [9.17, 15) is 4.39 Å². The second kappa shape index (κ2) is 5.32. The Labute approximate surface area is 84.6 Å². The maximum atomic E-state index is 12.6. The third kappa shape index (κ3) is 3.27. The lowest BCUT2D eigenvalue weighted by Crippen LogP contribution is -2.28. The van der Waals surface area contributed by atoms with E-state index in [1.807, 2.05) is 18.0 Å². The minimum Gasteiger partial charge on any atom is -0.396 e. The van der Waals surface area contributed by atoms with Gasteiger partial charge in [-0.2, -0.15) is 0 Å². The first-order valence-electron chi connectivity index (χ1n) is 5.06. The van der Waals surface area contributed by atoms with E-state index >= 15 is 0 Å². The molecule has 0 aromatic heterocycles. The van der Waals surface area contributed by atoms with Gasteiger partial charge in [-0.25, -0.2) is 9.82 Å². The summed E-state index contributed by atoms with van der Waals surface area (Å²) in [6, 6.07) is 0. The minimum absolute atomic E-state index is 0.205. The summed E-state index contributed by atoms with van der Waals surface area (Å²) < 4.78 is 12.6. The fraction of sp³-hybridized carbons (Fsp3) is 0.800. The van der Waals surface area contributed by atoms with Gasteiger partial charge in [-0.1, -0.05) is 6.08 Å². The average molecular weight is 202 g/mol. The zero-order valence-corrected chi connectivity index (χ0v) is 8.83. The van der Waals surface area contributed by atoms with Gasteiger partial charge < -0.3 is 10.1 Å². The van der Waals surface area contributed by atoms with Crippen molar-refractivity contribution in [3.8, 4) is 0 Å². The molecule has 1 rings (SSSR count). The highest BCUT2D eigenvalue weighted by Crippen LogP contribution is 2.12. The van der Waals surface area contributed by atoms with Gasteiger partial charge in [0, 0.05) is 31.3 Å². The van der Waals surface area contributed by atoms with Gasteiger partial charge in [0.25, 0.3) is 0 Å². The van der Waals surface area contributed by atoms with Crippen molar-refractivity contribution < 1.29 is 9.50 Å². The molecule has 2 atom stereocenters. The summed E-state index contributed by atoms with van der Waals surface area (Å²) in [5, 5.41) is 10.9. The van der Waals surface area contributed by atoms with E-state index < -0.39 is 6.17 Å². The molecule has 4 heteroatoms. The van der Waals surface area contributed by atoms with Crippen LogP contribution in [0.1, 0.15) is 20.3 Å². The van der Waals surface area contributed by atoms with Gasteiger partial charge in [0.2, 0.25) is 0 Å². The van der Waals surface area contributed by atoms with Crippen LogP contribution in [0, 0.1) is 5.92 Å². The van der Waals surface area contributed by atoms with Crippen molar-refractivity contribution >= 4 is 0 Å². The van der Waals surface area contributed by atoms with Crippen LogP contribution >= 0.6 is 0 Å². The molecule has 1 unspecified atom stereocenters. The van der Waals surface area contributed by atoms with Gasteiger partial charge in [-0.05, 0) is 20.3 Å². The molecule has 2 N–H and O–H groups in total. The van der Waals surface area contributed by atoms with Gasteiger partial charge in [0.15, 0.2) is 0 Å². The summed E-state index contributed by atoms with van der Waals surface area (Å²) in [4.78, 5) is 0. The van der Waals surface area contributed by atoms with E-state index in [0.29, 0.717) is 12.3 Å². The third-order valence-corrected chi connectivity index (χ3v) is 2.43. The fourth-order valence-corrected chi connectivity index (χ4v) is 1.46. The van der Waals surface area contributed by atoms with Crippen LogP contribution in [0.5, 0.6) is 0 Å². The van der Waals surface area contributed by atoms with E-state index in [-0.39, 0.29) is 6.61 Å². The highest BCUT2D eigenvalue weighted by molar-refractivity contribution is 4.99. The van der Waals surface area contributed by atoms with Crippen LogP contribution in [0.25, 0.3) is 0 Å². The predicted octanol–water partition coefficient (Wildman–Crippen LogP) is 1.07. The SMILES string of the molecule is C/C(=C\CC(C)F)N1C[C@H](CO)CN1. The maximum Gasteiger partial charge on any atom is 0.101 e. The molecular formula is C10H19FN2O. The summed E-state index contributed by atoms with van der Waals surface area (Å²) in [6.45, 7) is 5.31. The van der Waals surface area contributed by atoms with Crippen molar-refractivity contribution in [2.75, 3.05) is 19.7 Å². The number of hydrogen-bond donors (Lipinski definition) is 2. The molecule has 0 aromatic carbocycles. The lowest BCUT2D eigenvalue weighted by molar-refractivity contribution is 0.232. The van der Waals surface area contributed by atoms with Crippen LogP contribution < -0.4 is 5.43 Å². The first kappa shape index (κ1) is 11.5. The quantitative estimate of drug-likeness (QED) is 0.715. The smallest absolute Gasteiger partial charge is 0.101 e. The number of aliphatic hydroxyl groups excluding tert-OH is 1. The zero-order valence-electron chi connectivity index (χ0n) is 8.83. The molecule has 0 aliphatic carbocycles. The Morgan fingerprint density at radius 2 is 2.50 bits per heavy atom. The molecule has 0 amide bonds. The monoisotopic (exact) mass is 202 g/mol. The minimum atomic E-state index is -0.791. The summed E-state index contributed by atoms with van der Waals surface area (Å²) in [5.41, 5.74) is 4.20. The van der Waals surface area contributed by atoms with Crippen molar-refractivity contribution in [2.24, 2.45) is 5.92 Å². The average Bonchev–Trinajstić information content (AvgIpc) is 2.62. The van der Waals surface area contributed by atoms with Crippen molar-refractivity contribution in [1.29, 1.82) is 0 Å². The number of hydrogen-bond acceptors (Lipinski definition) is 3. The molecule has 0 saturated carbocycles. The number of alkyl halides is 1. The molecule has 3 nitrogen and oxygen atoms in total. The Bertz CT molecular complexity index is 206. The number of allylic oxidation sites excluding steroid dienone is 2. The van der Waals surface area contributed by atoms with Crippen LogP contribution in [-0.4, -0.2) is 36.0 Å². The van der Waals surface area contributed by atoms with Crippen LogP contribution in [0.15, 0.2) is 11.8 Å². The van der Waals surface area contributed by atoms with E-state index in [2.05, 4.69) is 5.43 Å². The number of nitrogens with zero attached hydrogens (tertiary/aromatic N) is 1. The van der Waals surface area contributed by atoms with E-state index in [0.717, 1.165) is 18.8 Å². The first-order valence-corrected chi connectivity index (χ1v) is 5.06. The van der Waals surface area contributed by atoms with Gasteiger partial charge in [0.1, 0.15) is 6.17 Å². The molecule has 0 bridgehead atoms. The zero-order chi connectivity index (χ0) is 10.6. The number of halogens is 1. The lowest BCUT2D eigenvalue weighted by atomic mass is 10.2. The lowest BCUT2D eigenvalue weighted by Gasteiger charge is -2.18. The Morgan fingerprint density at radius 3 is 3.00 bits per heavy atom. The summed E-state index contributed by atoms with van der Waals surface area (Å²) in [6.07, 6.45) is 1.55. The van der Waals surface area contributed by atoms with Gasteiger partial charge >= 0.3 is 0 Å². The molecule has 1 saturated heterocycles. The second-order valence-electron chi connectivity index (χ2n) is 3.88. The number of nitrogens with one attached hydrogen (secondary N) is 1. The van der Waals surface area contributed by atoms with Crippen LogP contribution in [0.4, 0.5) is 4.39 Å². The summed E-state index contributed by atoms with van der Waals surface area (Å²) in [7, 11) is 0. The Hall–Kier alpha value is -0.610. The van der Waals surface area contributed by atoms with Crippen LogP contribution in [-0.2, 0) is 0 Å². The molecular weight excluding hydrogens is 183 g/mol. The molecule has 82 valence electrons. The molecule has 1 fully saturated rings. The van der Waals surface area contributed by atoms with Gasteiger partial charge in [-0.3, -0.25) is 0 Å². The van der Waals surface area contributed by atoms with Crippen molar-refractivity contribution in [1.82, 2.24) is 10.4 Å². The highest BCUT2D eigenvalue weighted by atomic mass is 19.1. The van der Waals surface area contributed by atoms with Gasteiger partial charge in [-0.15, -0.1) is 0 Å². The van der Waals surface area contributed by atoms with E-state index in [1.165, 1.54) is 0 Å². The van der Waals surface area contributed by atoms with Crippen molar-refractivity contribution in [2.45, 2.75) is 26.4 Å². The normalized spacial score (nSPS) is 25.6. The molecule has 14 heavy (non-hydrogen) atoms. The standard InChI is InChI=1S/C10H19FN2O/c1-8(11)3-4-9(2)13-6-10(7-14)5-12-13/h4,8,10,12,14H,3,5-7H2,1-2H3/b9-4+/t8?,10-/m1/s1. The topological polar surface area (TPSA) is 35.5 Å². The predicted molar refractivity (Wildman–Crippen MR) is 54.2 cm³/mol. The van der Waals surface area contributed by atoms with Crippen molar-refractivity contribution in [3.05, 3.63) is 11.8 Å². The molecule has 1 aliphatic heterocycles. The fourth-order valence-electron chi connectivity index (χ4n) is 1.46. The molecule has 1 aliphatic rings.